The van der Waals surface area contributed by atoms with Gasteiger partial charge in [-0.1, -0.05) is 19.3 Å². The van der Waals surface area contributed by atoms with E-state index < -0.39 is 0 Å². The molecule has 2 aromatic rings. The first kappa shape index (κ1) is 17.0. The lowest BCUT2D eigenvalue weighted by Gasteiger charge is -2.24. The van der Waals surface area contributed by atoms with Crippen molar-refractivity contribution in [3.63, 3.8) is 0 Å². The molecule has 0 unspecified atom stereocenters. The molecule has 1 fully saturated rings. The van der Waals surface area contributed by atoms with Crippen molar-refractivity contribution in [3.05, 3.63) is 30.4 Å². The van der Waals surface area contributed by atoms with E-state index in [2.05, 4.69) is 15.0 Å². The zero-order chi connectivity index (χ0) is 16.6. The molecule has 130 valence electrons. The second kappa shape index (κ2) is 8.89. The maximum Gasteiger partial charge on any atom is 0.181 e. The quantitative estimate of drug-likeness (QED) is 0.879. The Morgan fingerprint density at radius 1 is 0.958 bits per heavy atom. The summed E-state index contributed by atoms with van der Waals surface area (Å²) in [5.41, 5.74) is 0.967. The molecular weight excluding hydrogens is 302 g/mol. The number of pyridine rings is 1. The van der Waals surface area contributed by atoms with Gasteiger partial charge in [0.2, 0.25) is 0 Å². The van der Waals surface area contributed by atoms with Gasteiger partial charge in [0.1, 0.15) is 5.82 Å². The Hall–Kier alpha value is -1.79. The maximum absolute atomic E-state index is 9.30. The lowest BCUT2D eigenvalue weighted by Crippen LogP contribution is -2.30. The summed E-state index contributed by atoms with van der Waals surface area (Å²) in [5.74, 6) is 1.67. The average molecular weight is 329 g/mol. The molecule has 3 rings (SSSR count). The van der Waals surface area contributed by atoms with Gasteiger partial charge in [0.05, 0.1) is 13.2 Å². The van der Waals surface area contributed by atoms with E-state index in [0.29, 0.717) is 12.4 Å². The van der Waals surface area contributed by atoms with Crippen LogP contribution in [-0.2, 0) is 13.0 Å². The van der Waals surface area contributed by atoms with E-state index in [0.717, 1.165) is 24.4 Å². The third-order valence-electron chi connectivity index (χ3n) is 4.60. The largest absolute Gasteiger partial charge is 0.394 e. The number of likely N-dealkylation sites (tertiary alicyclic amines) is 1. The minimum absolute atomic E-state index is 0.0792. The lowest BCUT2D eigenvalue weighted by molar-refractivity contribution is 0.243. The van der Waals surface area contributed by atoms with Crippen LogP contribution in [0, 0.1) is 0 Å². The van der Waals surface area contributed by atoms with Gasteiger partial charge in [-0.3, -0.25) is 4.98 Å². The second-order valence-electron chi connectivity index (χ2n) is 6.39. The van der Waals surface area contributed by atoms with Crippen molar-refractivity contribution in [1.29, 1.82) is 0 Å². The first-order valence-electron chi connectivity index (χ1n) is 9.04. The highest BCUT2D eigenvalue weighted by molar-refractivity contribution is 5.53. The Labute approximate surface area is 143 Å². The topological polar surface area (TPSA) is 67.1 Å². The normalized spacial score (nSPS) is 16.7. The molecule has 0 spiro atoms. The molecule has 0 radical (unpaired) electrons. The fourth-order valence-corrected chi connectivity index (χ4v) is 3.25. The third kappa shape index (κ3) is 4.61. The molecule has 0 saturated carbocycles. The summed E-state index contributed by atoms with van der Waals surface area (Å²) in [6.07, 6.45) is 11.1. The SMILES string of the molecule is OCCn1nc(-c2ccncc2)nc1CCN1CCCCCCC1. The molecule has 3 heterocycles. The van der Waals surface area contributed by atoms with Crippen LogP contribution in [0.1, 0.15) is 37.9 Å². The fraction of sp³-hybridized carbons (Fsp3) is 0.611. The van der Waals surface area contributed by atoms with Gasteiger partial charge in [0.15, 0.2) is 5.82 Å². The minimum Gasteiger partial charge on any atom is -0.394 e. The van der Waals surface area contributed by atoms with Crippen molar-refractivity contribution in [1.82, 2.24) is 24.6 Å². The van der Waals surface area contributed by atoms with Gasteiger partial charge in [-0.25, -0.2) is 9.67 Å². The summed E-state index contributed by atoms with van der Waals surface area (Å²) >= 11 is 0. The van der Waals surface area contributed by atoms with E-state index in [1.54, 1.807) is 12.4 Å². The first-order chi connectivity index (χ1) is 11.9. The molecule has 0 atom stereocenters. The number of aromatic nitrogens is 4. The first-order valence-corrected chi connectivity index (χ1v) is 9.04. The molecule has 0 amide bonds. The lowest BCUT2D eigenvalue weighted by atomic mass is 10.1. The van der Waals surface area contributed by atoms with Gasteiger partial charge in [-0.15, -0.1) is 0 Å². The monoisotopic (exact) mass is 329 g/mol. The van der Waals surface area contributed by atoms with Crippen LogP contribution in [0.2, 0.25) is 0 Å². The highest BCUT2D eigenvalue weighted by Gasteiger charge is 2.14. The predicted octanol–water partition coefficient (Wildman–Crippen LogP) is 2.14. The summed E-state index contributed by atoms with van der Waals surface area (Å²) < 4.78 is 1.85. The van der Waals surface area contributed by atoms with E-state index in [4.69, 9.17) is 4.98 Å². The molecule has 2 aromatic heterocycles. The Bertz CT molecular complexity index is 605. The Kier molecular flexibility index (Phi) is 6.32. The van der Waals surface area contributed by atoms with Crippen LogP contribution < -0.4 is 0 Å². The van der Waals surface area contributed by atoms with E-state index in [1.807, 2.05) is 16.8 Å². The summed E-state index contributed by atoms with van der Waals surface area (Å²) in [4.78, 5) is 11.3. The predicted molar refractivity (Wildman–Crippen MR) is 93.6 cm³/mol. The minimum atomic E-state index is 0.0792. The zero-order valence-electron chi connectivity index (χ0n) is 14.3. The van der Waals surface area contributed by atoms with Crippen molar-refractivity contribution in [2.75, 3.05) is 26.2 Å². The van der Waals surface area contributed by atoms with Crippen LogP contribution in [0.3, 0.4) is 0 Å². The number of rotatable bonds is 6. The smallest absolute Gasteiger partial charge is 0.181 e. The third-order valence-corrected chi connectivity index (χ3v) is 4.60. The molecule has 0 aliphatic carbocycles. The molecule has 6 heteroatoms. The Balaban J connectivity index is 1.68. The molecule has 1 aliphatic rings. The van der Waals surface area contributed by atoms with Gasteiger partial charge < -0.3 is 10.0 Å². The average Bonchev–Trinajstić information content (AvgIpc) is 2.98. The molecule has 1 N–H and O–H groups in total. The van der Waals surface area contributed by atoms with Crippen molar-refractivity contribution in [3.8, 4) is 11.4 Å². The maximum atomic E-state index is 9.30. The molecule has 6 nitrogen and oxygen atoms in total. The molecule has 1 saturated heterocycles. The van der Waals surface area contributed by atoms with E-state index in [9.17, 15) is 5.11 Å². The van der Waals surface area contributed by atoms with Gasteiger partial charge in [-0.2, -0.15) is 5.10 Å². The van der Waals surface area contributed by atoms with Crippen LogP contribution in [-0.4, -0.2) is 56.0 Å². The van der Waals surface area contributed by atoms with Crippen LogP contribution in [0.5, 0.6) is 0 Å². The second-order valence-corrected chi connectivity index (χ2v) is 6.39. The van der Waals surface area contributed by atoms with E-state index >= 15 is 0 Å². The number of aliphatic hydroxyl groups excluding tert-OH is 1. The van der Waals surface area contributed by atoms with Crippen LogP contribution in [0.15, 0.2) is 24.5 Å². The van der Waals surface area contributed by atoms with Gasteiger partial charge in [-0.05, 0) is 38.1 Å². The van der Waals surface area contributed by atoms with Crippen LogP contribution >= 0.6 is 0 Å². The van der Waals surface area contributed by atoms with E-state index in [-0.39, 0.29) is 6.61 Å². The molecule has 24 heavy (non-hydrogen) atoms. The summed E-state index contributed by atoms with van der Waals surface area (Å²) in [6.45, 7) is 3.96. The van der Waals surface area contributed by atoms with Crippen molar-refractivity contribution in [2.45, 2.75) is 45.1 Å². The van der Waals surface area contributed by atoms with Crippen LogP contribution in [0.25, 0.3) is 11.4 Å². The highest BCUT2D eigenvalue weighted by atomic mass is 16.3. The van der Waals surface area contributed by atoms with Crippen molar-refractivity contribution < 1.29 is 5.11 Å². The summed E-state index contributed by atoms with van der Waals surface area (Å²) in [6, 6.07) is 3.83. The van der Waals surface area contributed by atoms with Gasteiger partial charge >= 0.3 is 0 Å². The standard InChI is InChI=1S/C18H27N5O/c24-15-14-23-17(8-13-22-11-4-2-1-3-5-12-22)20-18(21-23)16-6-9-19-10-7-16/h6-7,9-10,24H,1-5,8,11-15H2. The van der Waals surface area contributed by atoms with E-state index in [1.165, 1.54) is 45.2 Å². The highest BCUT2D eigenvalue weighted by Crippen LogP contribution is 2.16. The van der Waals surface area contributed by atoms with Gasteiger partial charge in [0.25, 0.3) is 0 Å². The van der Waals surface area contributed by atoms with Crippen molar-refractivity contribution in [2.24, 2.45) is 0 Å². The number of hydrogen-bond donors (Lipinski definition) is 1. The molecule has 0 bridgehead atoms. The van der Waals surface area contributed by atoms with Crippen LogP contribution in [0.4, 0.5) is 0 Å². The zero-order valence-corrected chi connectivity index (χ0v) is 14.3. The molecule has 1 aliphatic heterocycles. The number of hydrogen-bond acceptors (Lipinski definition) is 5. The Morgan fingerprint density at radius 3 is 2.38 bits per heavy atom. The molecule has 0 aromatic carbocycles. The summed E-state index contributed by atoms with van der Waals surface area (Å²) in [7, 11) is 0. The van der Waals surface area contributed by atoms with Crippen molar-refractivity contribution >= 4 is 0 Å². The number of aliphatic hydroxyl groups is 1. The fourth-order valence-electron chi connectivity index (χ4n) is 3.25. The summed E-state index contributed by atoms with van der Waals surface area (Å²) in [5, 5.41) is 13.9. The van der Waals surface area contributed by atoms with Gasteiger partial charge in [0, 0.05) is 30.9 Å². The Morgan fingerprint density at radius 2 is 1.67 bits per heavy atom. The number of nitrogens with zero attached hydrogens (tertiary/aromatic N) is 5. The molecular formula is C18H27N5O.